The van der Waals surface area contributed by atoms with E-state index in [-0.39, 0.29) is 11.8 Å². The highest BCUT2D eigenvalue weighted by atomic mass is 32.1. The minimum atomic E-state index is 0.131. The minimum absolute atomic E-state index is 0.131. The van der Waals surface area contributed by atoms with Crippen molar-refractivity contribution in [3.63, 3.8) is 0 Å². The smallest absolute Gasteiger partial charge is 0.267 e. The second-order valence-corrected chi connectivity index (χ2v) is 7.23. The summed E-state index contributed by atoms with van der Waals surface area (Å²) in [7, 11) is 0. The average Bonchev–Trinajstić information content (AvgIpc) is 3.18. The Labute approximate surface area is 130 Å². The fourth-order valence-electron chi connectivity index (χ4n) is 3.49. The predicted octanol–water partition coefficient (Wildman–Crippen LogP) is 2.27. The topological polar surface area (TPSA) is 58.1 Å². The van der Waals surface area contributed by atoms with Gasteiger partial charge in [0, 0.05) is 19.1 Å². The third kappa shape index (κ3) is 3.11. The molecule has 3 heterocycles. The fraction of sp³-hybridized carbons (Fsp3) is 0.800. The Morgan fingerprint density at radius 1 is 1.33 bits per heavy atom. The third-order valence-electron chi connectivity index (χ3n) is 4.75. The molecule has 1 amide bonds. The summed E-state index contributed by atoms with van der Waals surface area (Å²) >= 11 is 1.24. The highest BCUT2D eigenvalue weighted by Crippen LogP contribution is 2.28. The van der Waals surface area contributed by atoms with Crippen molar-refractivity contribution in [1.29, 1.82) is 0 Å². The van der Waals surface area contributed by atoms with Crippen LogP contribution in [-0.4, -0.2) is 46.1 Å². The molecule has 0 spiro atoms. The summed E-state index contributed by atoms with van der Waals surface area (Å²) in [5, 5.41) is 7.72. The van der Waals surface area contributed by atoms with E-state index in [2.05, 4.69) is 28.8 Å². The second kappa shape index (κ2) is 6.40. The first-order valence-corrected chi connectivity index (χ1v) is 8.79. The van der Waals surface area contributed by atoms with Crippen molar-refractivity contribution in [2.24, 2.45) is 5.92 Å². The summed E-state index contributed by atoms with van der Waals surface area (Å²) in [6.07, 6.45) is 4.84. The minimum Gasteiger partial charge on any atom is -0.338 e. The van der Waals surface area contributed by atoms with Gasteiger partial charge in [0.25, 0.3) is 5.91 Å². The number of likely N-dealkylation sites (tertiary alicyclic amines) is 1. The highest BCUT2D eigenvalue weighted by molar-refractivity contribution is 7.08. The molecule has 2 aliphatic heterocycles. The van der Waals surface area contributed by atoms with E-state index in [4.69, 9.17) is 0 Å². The lowest BCUT2D eigenvalue weighted by molar-refractivity contribution is 0.0677. The Morgan fingerprint density at radius 2 is 2.10 bits per heavy atom. The molecule has 0 radical (unpaired) electrons. The van der Waals surface area contributed by atoms with Gasteiger partial charge in [-0.05, 0) is 55.6 Å². The summed E-state index contributed by atoms with van der Waals surface area (Å²) in [4.78, 5) is 15.4. The van der Waals surface area contributed by atoms with Gasteiger partial charge in [-0.2, -0.15) is 0 Å². The van der Waals surface area contributed by atoms with Crippen molar-refractivity contribution < 1.29 is 4.79 Å². The number of nitrogens with one attached hydrogen (secondary N) is 1. The average molecular weight is 308 g/mol. The van der Waals surface area contributed by atoms with E-state index in [0.29, 0.717) is 6.04 Å². The molecule has 1 atom stereocenters. The molecule has 0 bridgehead atoms. The molecule has 2 saturated heterocycles. The standard InChI is InChI=1S/C15H24N4OS/c1-10(2)13-14(21-18-17-13)15(20)19-8-5-11(6-9-19)12-4-3-7-16-12/h10-12,16H,3-9H2,1-2H3. The molecule has 0 aromatic carbocycles. The summed E-state index contributed by atoms with van der Waals surface area (Å²) in [5.41, 5.74) is 0.851. The maximum absolute atomic E-state index is 12.7. The normalized spacial score (nSPS) is 24.0. The number of rotatable bonds is 3. The van der Waals surface area contributed by atoms with Crippen molar-refractivity contribution in [2.45, 2.75) is 51.5 Å². The van der Waals surface area contributed by atoms with Gasteiger partial charge in [0.1, 0.15) is 4.88 Å². The molecule has 1 aromatic heterocycles. The summed E-state index contributed by atoms with van der Waals surface area (Å²) in [5.74, 6) is 1.12. The SMILES string of the molecule is CC(C)c1nnsc1C(=O)N1CCC(C2CCCN2)CC1. The van der Waals surface area contributed by atoms with Crippen LogP contribution in [0.2, 0.25) is 0 Å². The molecular formula is C15H24N4OS. The van der Waals surface area contributed by atoms with Crippen molar-refractivity contribution in [1.82, 2.24) is 19.8 Å². The van der Waals surface area contributed by atoms with E-state index in [9.17, 15) is 4.79 Å². The van der Waals surface area contributed by atoms with E-state index < -0.39 is 0 Å². The molecule has 21 heavy (non-hydrogen) atoms. The molecule has 3 rings (SSSR count). The quantitative estimate of drug-likeness (QED) is 0.930. The number of amides is 1. The maximum atomic E-state index is 12.7. The molecule has 1 aromatic rings. The van der Waals surface area contributed by atoms with E-state index in [0.717, 1.165) is 49.0 Å². The van der Waals surface area contributed by atoms with E-state index in [1.54, 1.807) is 0 Å². The van der Waals surface area contributed by atoms with Gasteiger partial charge in [-0.25, -0.2) is 0 Å². The van der Waals surface area contributed by atoms with E-state index in [1.165, 1.54) is 24.4 Å². The number of hydrogen-bond acceptors (Lipinski definition) is 5. The molecule has 6 heteroatoms. The van der Waals surface area contributed by atoms with Gasteiger partial charge < -0.3 is 10.2 Å². The lowest BCUT2D eigenvalue weighted by atomic mass is 9.88. The molecule has 116 valence electrons. The van der Waals surface area contributed by atoms with Gasteiger partial charge in [-0.3, -0.25) is 4.79 Å². The van der Waals surface area contributed by atoms with Crippen molar-refractivity contribution >= 4 is 17.4 Å². The summed E-state index contributed by atoms with van der Waals surface area (Å²) < 4.78 is 3.97. The molecule has 1 N–H and O–H groups in total. The molecule has 5 nitrogen and oxygen atoms in total. The molecule has 0 aliphatic carbocycles. The van der Waals surface area contributed by atoms with E-state index >= 15 is 0 Å². The van der Waals surface area contributed by atoms with Crippen LogP contribution in [0.5, 0.6) is 0 Å². The fourth-order valence-corrected chi connectivity index (χ4v) is 4.27. The van der Waals surface area contributed by atoms with Crippen LogP contribution in [0.1, 0.15) is 60.8 Å². The van der Waals surface area contributed by atoms with Gasteiger partial charge in [0.15, 0.2) is 0 Å². The van der Waals surface area contributed by atoms with Crippen LogP contribution in [0, 0.1) is 5.92 Å². The Balaban J connectivity index is 1.61. The summed E-state index contributed by atoms with van der Waals surface area (Å²) in [6, 6.07) is 0.679. The number of hydrogen-bond donors (Lipinski definition) is 1. The van der Waals surface area contributed by atoms with Crippen LogP contribution in [0.4, 0.5) is 0 Å². The number of piperidine rings is 1. The Hall–Kier alpha value is -1.01. The number of aromatic nitrogens is 2. The van der Waals surface area contributed by atoms with Crippen molar-refractivity contribution in [2.75, 3.05) is 19.6 Å². The number of carbonyl (C=O) groups is 1. The van der Waals surface area contributed by atoms with Crippen LogP contribution in [0.25, 0.3) is 0 Å². The predicted molar refractivity (Wildman–Crippen MR) is 83.7 cm³/mol. The molecule has 1 unspecified atom stereocenters. The zero-order chi connectivity index (χ0) is 14.8. The maximum Gasteiger partial charge on any atom is 0.267 e. The van der Waals surface area contributed by atoms with Crippen molar-refractivity contribution in [3.8, 4) is 0 Å². The highest BCUT2D eigenvalue weighted by Gasteiger charge is 2.31. The Kier molecular flexibility index (Phi) is 4.54. The number of carbonyl (C=O) groups excluding carboxylic acids is 1. The zero-order valence-corrected chi connectivity index (χ0v) is 13.7. The van der Waals surface area contributed by atoms with Crippen LogP contribution >= 0.6 is 11.5 Å². The van der Waals surface area contributed by atoms with Crippen LogP contribution in [0.3, 0.4) is 0 Å². The van der Waals surface area contributed by atoms with Gasteiger partial charge in [0.05, 0.1) is 5.69 Å². The largest absolute Gasteiger partial charge is 0.338 e. The lowest BCUT2D eigenvalue weighted by Gasteiger charge is -2.34. The Bertz CT molecular complexity index is 488. The van der Waals surface area contributed by atoms with Gasteiger partial charge in [-0.15, -0.1) is 5.10 Å². The third-order valence-corrected chi connectivity index (χ3v) is 5.48. The van der Waals surface area contributed by atoms with Crippen LogP contribution < -0.4 is 5.32 Å². The zero-order valence-electron chi connectivity index (χ0n) is 12.8. The summed E-state index contributed by atoms with van der Waals surface area (Å²) in [6.45, 7) is 7.03. The first-order chi connectivity index (χ1) is 10.2. The molecule has 2 fully saturated rings. The first kappa shape index (κ1) is 14.9. The molecular weight excluding hydrogens is 284 g/mol. The second-order valence-electron chi connectivity index (χ2n) is 6.47. The van der Waals surface area contributed by atoms with Gasteiger partial charge in [0.2, 0.25) is 0 Å². The monoisotopic (exact) mass is 308 g/mol. The van der Waals surface area contributed by atoms with Crippen LogP contribution in [-0.2, 0) is 0 Å². The van der Waals surface area contributed by atoms with Gasteiger partial charge in [-0.1, -0.05) is 18.3 Å². The lowest BCUT2D eigenvalue weighted by Crippen LogP contribution is -2.43. The first-order valence-electron chi connectivity index (χ1n) is 8.01. The molecule has 2 aliphatic rings. The molecule has 0 saturated carbocycles. The van der Waals surface area contributed by atoms with Gasteiger partial charge >= 0.3 is 0 Å². The number of nitrogens with zero attached hydrogens (tertiary/aromatic N) is 3. The Morgan fingerprint density at radius 3 is 2.71 bits per heavy atom. The van der Waals surface area contributed by atoms with Crippen molar-refractivity contribution in [3.05, 3.63) is 10.6 Å². The van der Waals surface area contributed by atoms with E-state index in [1.807, 2.05) is 4.90 Å². The van der Waals surface area contributed by atoms with Crippen LogP contribution in [0.15, 0.2) is 0 Å².